The number of aldehydes is 1. The van der Waals surface area contributed by atoms with Gasteiger partial charge in [0.15, 0.2) is 0 Å². The highest BCUT2D eigenvalue weighted by atomic mass is 16.5. The van der Waals surface area contributed by atoms with E-state index in [-0.39, 0.29) is 5.92 Å². The number of fused-ring (bicyclic) bond motifs is 1. The fourth-order valence-corrected chi connectivity index (χ4v) is 2.06. The van der Waals surface area contributed by atoms with Crippen LogP contribution in [0, 0.1) is 0 Å². The van der Waals surface area contributed by atoms with Crippen LogP contribution in [-0.2, 0) is 4.79 Å². The highest BCUT2D eigenvalue weighted by molar-refractivity contribution is 5.64. The summed E-state index contributed by atoms with van der Waals surface area (Å²) in [6, 6.07) is 6.14. The first-order valence-electron chi connectivity index (χ1n) is 5.64. The number of hydrogen-bond donors (Lipinski definition) is 0. The van der Waals surface area contributed by atoms with Crippen LogP contribution in [0.25, 0.3) is 0 Å². The molecule has 0 N–H and O–H groups in total. The molecule has 0 fully saturated rings. The first-order valence-corrected chi connectivity index (χ1v) is 5.64. The van der Waals surface area contributed by atoms with Gasteiger partial charge in [-0.15, -0.1) is 0 Å². The molecule has 0 aromatic heterocycles. The molecule has 0 saturated heterocycles. The van der Waals surface area contributed by atoms with Crippen LogP contribution in [0.3, 0.4) is 0 Å². The van der Waals surface area contributed by atoms with E-state index in [1.165, 1.54) is 0 Å². The van der Waals surface area contributed by atoms with Crippen LogP contribution in [0.1, 0.15) is 24.8 Å². The topological polar surface area (TPSA) is 29.5 Å². The highest BCUT2D eigenvalue weighted by Crippen LogP contribution is 2.38. The number of carbonyl (C=O) groups excluding carboxylic acids is 1. The molecule has 1 heterocycles. The van der Waals surface area contributed by atoms with Crippen molar-refractivity contribution in [1.82, 2.24) is 0 Å². The molecule has 1 aromatic rings. The molecular weight excluding hydrogens is 202 g/mol. The van der Waals surface area contributed by atoms with E-state index < -0.39 is 0 Å². The minimum Gasteiger partial charge on any atom is -0.489 e. The van der Waals surface area contributed by atoms with Gasteiger partial charge in [-0.3, -0.25) is 0 Å². The molecule has 2 rings (SSSR count). The Kier molecular flexibility index (Phi) is 3.13. The standard InChI is InChI=1S/C13H17NO2/c1-10(6-8-15)11-4-3-5-12-13(11)16-9-7-14(12)2/h3-5,8,10H,6-7,9H2,1-2H3. The smallest absolute Gasteiger partial charge is 0.146 e. The van der Waals surface area contributed by atoms with E-state index in [4.69, 9.17) is 4.74 Å². The van der Waals surface area contributed by atoms with Crippen molar-refractivity contribution in [2.75, 3.05) is 25.1 Å². The van der Waals surface area contributed by atoms with Crippen molar-refractivity contribution in [3.05, 3.63) is 23.8 Å². The van der Waals surface area contributed by atoms with Gasteiger partial charge in [0.05, 0.1) is 12.2 Å². The van der Waals surface area contributed by atoms with Crippen molar-refractivity contribution in [1.29, 1.82) is 0 Å². The van der Waals surface area contributed by atoms with Crippen molar-refractivity contribution < 1.29 is 9.53 Å². The summed E-state index contributed by atoms with van der Waals surface area (Å²) in [6.07, 6.45) is 1.51. The molecule has 0 bridgehead atoms. The minimum atomic E-state index is 0.221. The first-order chi connectivity index (χ1) is 7.74. The molecule has 16 heavy (non-hydrogen) atoms. The molecule has 1 unspecified atom stereocenters. The van der Waals surface area contributed by atoms with Crippen molar-refractivity contribution in [2.45, 2.75) is 19.3 Å². The predicted octanol–water partition coefficient (Wildman–Crippen LogP) is 2.21. The number of carbonyl (C=O) groups is 1. The molecule has 86 valence electrons. The number of likely N-dealkylation sites (N-methyl/N-ethyl adjacent to an activating group) is 1. The van der Waals surface area contributed by atoms with E-state index >= 15 is 0 Å². The molecule has 1 aromatic carbocycles. The van der Waals surface area contributed by atoms with Crippen molar-refractivity contribution >= 4 is 12.0 Å². The summed E-state index contributed by atoms with van der Waals surface area (Å²) in [6.45, 7) is 3.69. The lowest BCUT2D eigenvalue weighted by molar-refractivity contribution is -0.108. The zero-order valence-electron chi connectivity index (χ0n) is 9.77. The highest BCUT2D eigenvalue weighted by Gasteiger charge is 2.20. The van der Waals surface area contributed by atoms with E-state index in [2.05, 4.69) is 24.9 Å². The van der Waals surface area contributed by atoms with Crippen LogP contribution in [0.5, 0.6) is 5.75 Å². The minimum absolute atomic E-state index is 0.221. The third-order valence-corrected chi connectivity index (χ3v) is 3.09. The van der Waals surface area contributed by atoms with Crippen LogP contribution < -0.4 is 9.64 Å². The Morgan fingerprint density at radius 3 is 3.12 bits per heavy atom. The van der Waals surface area contributed by atoms with Crippen LogP contribution >= 0.6 is 0 Å². The molecule has 1 aliphatic rings. The average Bonchev–Trinajstić information content (AvgIpc) is 2.29. The Morgan fingerprint density at radius 2 is 2.38 bits per heavy atom. The number of para-hydroxylation sites is 1. The van der Waals surface area contributed by atoms with Gasteiger partial charge in [0, 0.05) is 13.5 Å². The van der Waals surface area contributed by atoms with Gasteiger partial charge in [-0.05, 0) is 17.5 Å². The predicted molar refractivity (Wildman–Crippen MR) is 64.3 cm³/mol. The van der Waals surface area contributed by atoms with Gasteiger partial charge in [-0.1, -0.05) is 19.1 Å². The lowest BCUT2D eigenvalue weighted by Gasteiger charge is -2.30. The Labute approximate surface area is 96.0 Å². The summed E-state index contributed by atoms with van der Waals surface area (Å²) in [5.41, 5.74) is 2.26. The molecule has 0 amide bonds. The largest absolute Gasteiger partial charge is 0.489 e. The average molecular weight is 219 g/mol. The molecule has 0 saturated carbocycles. The van der Waals surface area contributed by atoms with Gasteiger partial charge < -0.3 is 14.4 Å². The number of anilines is 1. The number of benzene rings is 1. The third kappa shape index (κ3) is 1.90. The van der Waals surface area contributed by atoms with E-state index in [0.717, 1.165) is 29.8 Å². The Balaban J connectivity index is 2.39. The number of hydrogen-bond acceptors (Lipinski definition) is 3. The normalized spacial score (nSPS) is 16.2. The molecule has 0 aliphatic carbocycles. The van der Waals surface area contributed by atoms with Crippen LogP contribution in [0.15, 0.2) is 18.2 Å². The number of nitrogens with zero attached hydrogens (tertiary/aromatic N) is 1. The van der Waals surface area contributed by atoms with Gasteiger partial charge in [0.2, 0.25) is 0 Å². The Hall–Kier alpha value is -1.51. The lowest BCUT2D eigenvalue weighted by Crippen LogP contribution is -2.29. The van der Waals surface area contributed by atoms with Gasteiger partial charge in [0.25, 0.3) is 0 Å². The van der Waals surface area contributed by atoms with Crippen LogP contribution in [0.2, 0.25) is 0 Å². The first kappa shape index (κ1) is 11.0. The number of rotatable bonds is 3. The zero-order chi connectivity index (χ0) is 11.5. The maximum atomic E-state index is 10.6. The fraction of sp³-hybridized carbons (Fsp3) is 0.462. The molecule has 1 atom stereocenters. The van der Waals surface area contributed by atoms with E-state index in [0.29, 0.717) is 13.0 Å². The van der Waals surface area contributed by atoms with E-state index in [9.17, 15) is 4.79 Å². The molecular formula is C13H17NO2. The van der Waals surface area contributed by atoms with Crippen molar-refractivity contribution in [3.8, 4) is 5.75 Å². The second kappa shape index (κ2) is 4.56. The monoisotopic (exact) mass is 219 g/mol. The third-order valence-electron chi connectivity index (χ3n) is 3.09. The van der Waals surface area contributed by atoms with E-state index in [1.54, 1.807) is 0 Å². The van der Waals surface area contributed by atoms with Gasteiger partial charge in [-0.2, -0.15) is 0 Å². The summed E-state index contributed by atoms with van der Waals surface area (Å²) in [7, 11) is 2.07. The number of ether oxygens (including phenoxy) is 1. The maximum Gasteiger partial charge on any atom is 0.146 e. The Morgan fingerprint density at radius 1 is 1.56 bits per heavy atom. The fourth-order valence-electron chi connectivity index (χ4n) is 2.06. The molecule has 3 heteroatoms. The Bertz CT molecular complexity index is 390. The van der Waals surface area contributed by atoms with Crippen molar-refractivity contribution in [2.24, 2.45) is 0 Å². The van der Waals surface area contributed by atoms with Crippen LogP contribution in [0.4, 0.5) is 5.69 Å². The molecule has 3 nitrogen and oxygen atoms in total. The van der Waals surface area contributed by atoms with Gasteiger partial charge >= 0.3 is 0 Å². The maximum absolute atomic E-state index is 10.6. The summed E-state index contributed by atoms with van der Waals surface area (Å²) >= 11 is 0. The van der Waals surface area contributed by atoms with Gasteiger partial charge in [0.1, 0.15) is 18.6 Å². The molecule has 1 aliphatic heterocycles. The SMILES string of the molecule is CC(CC=O)c1cccc2c1OCCN2C. The molecule has 0 spiro atoms. The summed E-state index contributed by atoms with van der Waals surface area (Å²) in [4.78, 5) is 12.8. The van der Waals surface area contributed by atoms with Crippen LogP contribution in [-0.4, -0.2) is 26.5 Å². The van der Waals surface area contributed by atoms with Gasteiger partial charge in [-0.25, -0.2) is 0 Å². The van der Waals surface area contributed by atoms with Crippen molar-refractivity contribution in [3.63, 3.8) is 0 Å². The second-order valence-electron chi connectivity index (χ2n) is 4.27. The summed E-state index contributed by atoms with van der Waals surface area (Å²) in [5, 5.41) is 0. The summed E-state index contributed by atoms with van der Waals surface area (Å²) < 4.78 is 5.73. The lowest BCUT2D eigenvalue weighted by atomic mass is 9.96. The second-order valence-corrected chi connectivity index (χ2v) is 4.27. The van der Waals surface area contributed by atoms with E-state index in [1.807, 2.05) is 12.1 Å². The summed E-state index contributed by atoms with van der Waals surface area (Å²) in [5.74, 6) is 1.17. The quantitative estimate of drug-likeness (QED) is 0.730. The zero-order valence-corrected chi connectivity index (χ0v) is 9.77. The molecule has 0 radical (unpaired) electrons.